The van der Waals surface area contributed by atoms with Crippen LogP contribution in [0.1, 0.15) is 24.0 Å². The smallest absolute Gasteiger partial charge is 0.163 e. The van der Waals surface area contributed by atoms with E-state index in [0.29, 0.717) is 12.4 Å². The quantitative estimate of drug-likeness (QED) is 0.774. The summed E-state index contributed by atoms with van der Waals surface area (Å²) in [6, 6.07) is 8.14. The molecule has 0 bridgehead atoms. The van der Waals surface area contributed by atoms with Crippen molar-refractivity contribution < 1.29 is 5.11 Å². The van der Waals surface area contributed by atoms with E-state index < -0.39 is 5.60 Å². The van der Waals surface area contributed by atoms with E-state index in [1.165, 1.54) is 11.9 Å². The first kappa shape index (κ1) is 14.1. The van der Waals surface area contributed by atoms with Gasteiger partial charge < -0.3 is 10.4 Å². The molecule has 0 saturated heterocycles. The predicted octanol–water partition coefficient (Wildman–Crippen LogP) is 2.00. The predicted molar refractivity (Wildman–Crippen MR) is 88.1 cm³/mol. The summed E-state index contributed by atoms with van der Waals surface area (Å²) in [5.41, 5.74) is 2.17. The van der Waals surface area contributed by atoms with Crippen LogP contribution in [0.5, 0.6) is 0 Å². The molecule has 6 nitrogen and oxygen atoms in total. The van der Waals surface area contributed by atoms with Crippen molar-refractivity contribution >= 4 is 16.9 Å². The number of benzene rings is 1. The van der Waals surface area contributed by atoms with E-state index >= 15 is 0 Å². The van der Waals surface area contributed by atoms with Gasteiger partial charge in [-0.05, 0) is 30.4 Å². The van der Waals surface area contributed by atoms with E-state index in [9.17, 15) is 5.11 Å². The second-order valence-electron chi connectivity index (χ2n) is 6.12. The largest absolute Gasteiger partial charge is 0.383 e. The minimum atomic E-state index is -0.867. The summed E-state index contributed by atoms with van der Waals surface area (Å²) in [5, 5.41) is 19.5. The number of anilines is 1. The van der Waals surface area contributed by atoms with Gasteiger partial charge in [0.05, 0.1) is 11.6 Å². The number of hydrogen-bond donors (Lipinski definition) is 2. The maximum Gasteiger partial charge on any atom is 0.163 e. The van der Waals surface area contributed by atoms with Crippen molar-refractivity contribution in [2.45, 2.75) is 24.9 Å². The van der Waals surface area contributed by atoms with Crippen LogP contribution in [0.4, 0.5) is 5.82 Å². The van der Waals surface area contributed by atoms with Gasteiger partial charge in [0.2, 0.25) is 0 Å². The van der Waals surface area contributed by atoms with E-state index in [4.69, 9.17) is 0 Å². The fourth-order valence-electron chi connectivity index (χ4n) is 3.41. The molecule has 0 saturated carbocycles. The lowest BCUT2D eigenvalue weighted by Gasteiger charge is -2.34. The van der Waals surface area contributed by atoms with Crippen molar-refractivity contribution in [3.05, 3.63) is 47.9 Å². The second-order valence-corrected chi connectivity index (χ2v) is 6.12. The number of aryl methyl sites for hydroxylation is 2. The maximum atomic E-state index is 11.1. The van der Waals surface area contributed by atoms with E-state index in [0.717, 1.165) is 35.9 Å². The molecule has 2 N–H and O–H groups in total. The van der Waals surface area contributed by atoms with E-state index in [2.05, 4.69) is 26.4 Å². The molecule has 2 aromatic heterocycles. The lowest BCUT2D eigenvalue weighted by atomic mass is 9.79. The summed E-state index contributed by atoms with van der Waals surface area (Å²) in [7, 11) is 1.85. The van der Waals surface area contributed by atoms with Crippen molar-refractivity contribution in [1.82, 2.24) is 19.7 Å². The number of hydrogen-bond acceptors (Lipinski definition) is 5. The van der Waals surface area contributed by atoms with Crippen LogP contribution in [0, 0.1) is 0 Å². The number of fused-ring (bicyclic) bond motifs is 2. The molecule has 0 aliphatic heterocycles. The Morgan fingerprint density at radius 3 is 3.09 bits per heavy atom. The average Bonchev–Trinajstić information content (AvgIpc) is 2.96. The van der Waals surface area contributed by atoms with Crippen LogP contribution < -0.4 is 5.32 Å². The number of nitrogens with zero attached hydrogens (tertiary/aromatic N) is 4. The third-order valence-electron chi connectivity index (χ3n) is 4.63. The normalized spacial score (nSPS) is 20.4. The molecule has 4 rings (SSSR count). The summed E-state index contributed by atoms with van der Waals surface area (Å²) in [6.07, 6.45) is 6.03. The molecule has 23 heavy (non-hydrogen) atoms. The first-order valence-electron chi connectivity index (χ1n) is 7.85. The Balaban J connectivity index is 1.64. The number of nitrogens with one attached hydrogen (secondary N) is 1. The summed E-state index contributed by atoms with van der Waals surface area (Å²) in [4.78, 5) is 8.54. The molecule has 0 radical (unpaired) electrons. The average molecular weight is 309 g/mol. The Kier molecular flexibility index (Phi) is 3.27. The van der Waals surface area contributed by atoms with Gasteiger partial charge in [-0.15, -0.1) is 0 Å². The lowest BCUT2D eigenvalue weighted by molar-refractivity contribution is 0.0322. The molecule has 3 aromatic rings. The zero-order chi connectivity index (χ0) is 15.9. The van der Waals surface area contributed by atoms with Crippen molar-refractivity contribution in [1.29, 1.82) is 0 Å². The molecule has 1 aliphatic carbocycles. The van der Waals surface area contributed by atoms with Gasteiger partial charge in [0.1, 0.15) is 17.7 Å². The molecule has 0 fully saturated rings. The fourth-order valence-corrected chi connectivity index (χ4v) is 3.41. The third-order valence-corrected chi connectivity index (χ3v) is 4.63. The zero-order valence-electron chi connectivity index (χ0n) is 13.0. The summed E-state index contributed by atoms with van der Waals surface area (Å²) in [5.74, 6) is 0.708. The SMILES string of the molecule is Cn1ncc2c(NCC3(O)CCCc4ccccc43)ncnc21. The van der Waals surface area contributed by atoms with Gasteiger partial charge in [-0.1, -0.05) is 24.3 Å². The fraction of sp³-hybridized carbons (Fsp3) is 0.353. The van der Waals surface area contributed by atoms with E-state index in [1.54, 1.807) is 10.9 Å². The highest BCUT2D eigenvalue weighted by Crippen LogP contribution is 2.35. The monoisotopic (exact) mass is 309 g/mol. The highest BCUT2D eigenvalue weighted by molar-refractivity contribution is 5.85. The Labute approximate surface area is 134 Å². The van der Waals surface area contributed by atoms with Gasteiger partial charge in [-0.2, -0.15) is 5.10 Å². The Morgan fingerprint density at radius 2 is 2.17 bits per heavy atom. The third kappa shape index (κ3) is 2.35. The Bertz CT molecular complexity index is 859. The van der Waals surface area contributed by atoms with Crippen molar-refractivity contribution in [2.75, 3.05) is 11.9 Å². The molecule has 6 heteroatoms. The molecule has 118 valence electrons. The first-order valence-corrected chi connectivity index (χ1v) is 7.85. The minimum Gasteiger partial charge on any atom is -0.383 e. The summed E-state index contributed by atoms with van der Waals surface area (Å²) >= 11 is 0. The topological polar surface area (TPSA) is 75.9 Å². The first-order chi connectivity index (χ1) is 11.2. The molecule has 0 spiro atoms. The molecular formula is C17H19N5O. The molecule has 0 amide bonds. The maximum absolute atomic E-state index is 11.1. The van der Waals surface area contributed by atoms with Crippen LogP contribution in [-0.2, 0) is 19.1 Å². The lowest BCUT2D eigenvalue weighted by Crippen LogP contribution is -2.37. The van der Waals surface area contributed by atoms with Gasteiger partial charge >= 0.3 is 0 Å². The molecule has 1 atom stereocenters. The molecular weight excluding hydrogens is 290 g/mol. The van der Waals surface area contributed by atoms with Crippen molar-refractivity contribution in [3.63, 3.8) is 0 Å². The van der Waals surface area contributed by atoms with Gasteiger partial charge in [0, 0.05) is 13.6 Å². The van der Waals surface area contributed by atoms with E-state index in [-0.39, 0.29) is 0 Å². The van der Waals surface area contributed by atoms with Crippen LogP contribution in [0.15, 0.2) is 36.8 Å². The van der Waals surface area contributed by atoms with Crippen LogP contribution in [0.3, 0.4) is 0 Å². The highest BCUT2D eigenvalue weighted by Gasteiger charge is 2.34. The highest BCUT2D eigenvalue weighted by atomic mass is 16.3. The van der Waals surface area contributed by atoms with Crippen molar-refractivity contribution in [2.24, 2.45) is 7.05 Å². The van der Waals surface area contributed by atoms with Crippen molar-refractivity contribution in [3.8, 4) is 0 Å². The van der Waals surface area contributed by atoms with E-state index in [1.807, 2.05) is 25.2 Å². The minimum absolute atomic E-state index is 0.422. The Hall–Kier alpha value is -2.47. The molecule has 1 aliphatic rings. The second kappa shape index (κ2) is 5.31. The van der Waals surface area contributed by atoms with Crippen LogP contribution >= 0.6 is 0 Å². The van der Waals surface area contributed by atoms with Gasteiger partial charge in [-0.25, -0.2) is 9.97 Å². The van der Waals surface area contributed by atoms with Crippen LogP contribution in [-0.4, -0.2) is 31.4 Å². The van der Waals surface area contributed by atoms with Gasteiger partial charge in [0.15, 0.2) is 5.65 Å². The standard InChI is InChI=1S/C17H19N5O/c1-22-16-13(9-21-22)15(19-11-20-16)18-10-17(23)8-4-6-12-5-2-3-7-14(12)17/h2-3,5,7,9,11,23H,4,6,8,10H2,1H3,(H,18,19,20). The van der Waals surface area contributed by atoms with Gasteiger partial charge in [-0.3, -0.25) is 4.68 Å². The molecule has 2 heterocycles. The van der Waals surface area contributed by atoms with Crippen LogP contribution in [0.25, 0.3) is 11.0 Å². The van der Waals surface area contributed by atoms with Crippen LogP contribution in [0.2, 0.25) is 0 Å². The number of aromatic nitrogens is 4. The number of rotatable bonds is 3. The van der Waals surface area contributed by atoms with Gasteiger partial charge in [0.25, 0.3) is 0 Å². The molecule has 1 unspecified atom stereocenters. The summed E-state index contributed by atoms with van der Waals surface area (Å²) < 4.78 is 1.72. The molecule has 1 aromatic carbocycles. The zero-order valence-corrected chi connectivity index (χ0v) is 13.0. The number of aliphatic hydroxyl groups is 1. The summed E-state index contributed by atoms with van der Waals surface area (Å²) in [6.45, 7) is 0.422. The Morgan fingerprint density at radius 1 is 1.30 bits per heavy atom.